The number of nitrogens with one attached hydrogen (secondary N) is 1. The third-order valence-electron chi connectivity index (χ3n) is 4.08. The van der Waals surface area contributed by atoms with Crippen LogP contribution in [0, 0.1) is 5.92 Å². The van der Waals surface area contributed by atoms with Gasteiger partial charge in [-0.05, 0) is 24.1 Å². The number of benzene rings is 1. The van der Waals surface area contributed by atoms with Crippen LogP contribution in [0.3, 0.4) is 0 Å². The average molecular weight is 369 g/mol. The summed E-state index contributed by atoms with van der Waals surface area (Å²) in [6, 6.07) is 7.68. The van der Waals surface area contributed by atoms with Crippen LogP contribution in [-0.4, -0.2) is 25.2 Å². The maximum absolute atomic E-state index is 12.6. The summed E-state index contributed by atoms with van der Waals surface area (Å²) in [7, 11) is -1.28. The summed E-state index contributed by atoms with van der Waals surface area (Å²) in [6.07, 6.45) is 6.01. The van der Waals surface area contributed by atoms with Gasteiger partial charge in [0.15, 0.2) is 5.16 Å². The van der Waals surface area contributed by atoms with Gasteiger partial charge in [0.05, 0.1) is 23.3 Å². The quantitative estimate of drug-likeness (QED) is 0.754. The van der Waals surface area contributed by atoms with Gasteiger partial charge in [-0.1, -0.05) is 38.0 Å². The molecule has 0 amide bonds. The highest BCUT2D eigenvalue weighted by molar-refractivity contribution is 7.84. The first-order valence-electron chi connectivity index (χ1n) is 8.10. The number of aromatic nitrogens is 2. The predicted molar refractivity (Wildman–Crippen MR) is 93.3 cm³/mol. The Morgan fingerprint density at radius 1 is 1.46 bits per heavy atom. The van der Waals surface area contributed by atoms with Crippen LogP contribution >= 0.6 is 11.6 Å². The lowest BCUT2D eigenvalue weighted by Crippen LogP contribution is -2.45. The fraction of sp³-hybridized carbons (Fsp3) is 0.471. The Balaban J connectivity index is 1.79. The van der Waals surface area contributed by atoms with Crippen LogP contribution in [-0.2, 0) is 22.1 Å². The van der Waals surface area contributed by atoms with E-state index in [2.05, 4.69) is 16.9 Å². The number of H-pyrrole nitrogens is 1. The molecule has 0 saturated heterocycles. The van der Waals surface area contributed by atoms with Gasteiger partial charge in [-0.3, -0.25) is 4.21 Å². The first-order valence-corrected chi connectivity index (χ1v) is 9.79. The van der Waals surface area contributed by atoms with Gasteiger partial charge in [0.2, 0.25) is 0 Å². The van der Waals surface area contributed by atoms with Crippen molar-refractivity contribution in [3.63, 3.8) is 0 Å². The van der Waals surface area contributed by atoms with E-state index in [1.54, 1.807) is 12.4 Å². The molecule has 0 saturated carbocycles. The van der Waals surface area contributed by atoms with Crippen LogP contribution in [0.15, 0.2) is 41.8 Å². The van der Waals surface area contributed by atoms with Crippen molar-refractivity contribution in [3.05, 3.63) is 42.2 Å². The van der Waals surface area contributed by atoms with E-state index >= 15 is 0 Å². The van der Waals surface area contributed by atoms with E-state index in [4.69, 9.17) is 21.1 Å². The number of hydrogen-bond acceptors (Lipinski definition) is 4. The molecular formula is C17H21ClN2O3S. The van der Waals surface area contributed by atoms with Crippen molar-refractivity contribution in [2.24, 2.45) is 5.92 Å². The number of alkyl halides is 1. The number of ether oxygens (including phenoxy) is 2. The summed E-state index contributed by atoms with van der Waals surface area (Å²) >= 11 is 6.70. The molecule has 3 unspecified atom stereocenters. The zero-order valence-electron chi connectivity index (χ0n) is 13.5. The van der Waals surface area contributed by atoms with Gasteiger partial charge in [0, 0.05) is 23.7 Å². The molecule has 1 aromatic heterocycles. The van der Waals surface area contributed by atoms with Crippen LogP contribution in [0.1, 0.15) is 31.7 Å². The number of unbranched alkanes of at least 4 members (excludes halogenated alkanes) is 1. The molecule has 3 rings (SSSR count). The summed E-state index contributed by atoms with van der Waals surface area (Å²) in [4.78, 5) is 6.97. The van der Waals surface area contributed by atoms with E-state index in [1.807, 2.05) is 24.3 Å². The molecule has 0 bridgehead atoms. The lowest BCUT2D eigenvalue weighted by molar-refractivity contribution is -0.174. The summed E-state index contributed by atoms with van der Waals surface area (Å²) in [5, 5.41) is -0.848. The van der Waals surface area contributed by atoms with Crippen LogP contribution in [0.4, 0.5) is 0 Å². The molecule has 1 aliphatic heterocycles. The molecule has 7 heteroatoms. The van der Waals surface area contributed by atoms with Crippen LogP contribution in [0.25, 0.3) is 0 Å². The third kappa shape index (κ3) is 3.82. The Kier molecular flexibility index (Phi) is 5.58. The van der Waals surface area contributed by atoms with Crippen molar-refractivity contribution in [2.75, 3.05) is 5.75 Å². The van der Waals surface area contributed by atoms with Gasteiger partial charge < -0.3 is 14.5 Å². The van der Waals surface area contributed by atoms with Crippen LogP contribution < -0.4 is 4.74 Å². The van der Waals surface area contributed by atoms with Gasteiger partial charge in [0.1, 0.15) is 5.75 Å². The van der Waals surface area contributed by atoms with Crippen molar-refractivity contribution in [1.82, 2.24) is 9.97 Å². The van der Waals surface area contributed by atoms with Crippen molar-refractivity contribution in [3.8, 4) is 5.75 Å². The lowest BCUT2D eigenvalue weighted by atomic mass is 10.0. The van der Waals surface area contributed by atoms with Crippen molar-refractivity contribution < 1.29 is 13.7 Å². The van der Waals surface area contributed by atoms with Crippen molar-refractivity contribution in [2.45, 2.75) is 43.2 Å². The predicted octanol–water partition coefficient (Wildman–Crippen LogP) is 3.83. The molecule has 2 heterocycles. The number of halogens is 1. The smallest absolute Gasteiger partial charge is 0.294 e. The molecule has 0 aliphatic carbocycles. The fourth-order valence-corrected chi connectivity index (χ4v) is 4.42. The maximum Gasteiger partial charge on any atom is 0.294 e. The summed E-state index contributed by atoms with van der Waals surface area (Å²) in [5.41, 5.74) is 0.968. The second-order valence-electron chi connectivity index (χ2n) is 5.83. The minimum absolute atomic E-state index is 0.210. The number of aromatic amines is 1. The molecule has 0 fully saturated rings. The molecule has 1 aliphatic rings. The minimum atomic E-state index is -1.30. The van der Waals surface area contributed by atoms with Crippen LogP contribution in [0.5, 0.6) is 5.75 Å². The highest BCUT2D eigenvalue weighted by Gasteiger charge is 2.44. The fourth-order valence-electron chi connectivity index (χ4n) is 2.72. The molecule has 3 atom stereocenters. The monoisotopic (exact) mass is 368 g/mol. The standard InChI is InChI=1S/C17H21ClN2O3S/c1-2-3-7-14(12-24(21)16-19-9-10-20-16)17(18)22-11-13-6-4-5-8-15(13)23-17/h4-6,8-10,14H,2-3,7,11-12H2,1H3,(H,19,20). The Hall–Kier alpha value is -1.37. The van der Waals surface area contributed by atoms with Gasteiger partial charge in [0.25, 0.3) is 5.25 Å². The second-order valence-corrected chi connectivity index (χ2v) is 7.76. The molecule has 1 aromatic carbocycles. The first kappa shape index (κ1) is 17.5. The number of imidazole rings is 1. The SMILES string of the molecule is CCCCC(CS(=O)c1ncc[nH]1)C1(Cl)OCc2ccccc2O1. The molecule has 0 spiro atoms. The van der Waals surface area contributed by atoms with E-state index in [9.17, 15) is 4.21 Å². The Bertz CT molecular complexity index is 695. The Morgan fingerprint density at radius 3 is 3.04 bits per heavy atom. The zero-order chi connectivity index (χ0) is 17.0. The molecule has 5 nitrogen and oxygen atoms in total. The average Bonchev–Trinajstić information content (AvgIpc) is 3.13. The summed E-state index contributed by atoms with van der Waals surface area (Å²) in [6.45, 7) is 2.50. The normalized spacial score (nSPS) is 22.4. The number of para-hydroxylation sites is 1. The number of nitrogens with zero attached hydrogens (tertiary/aromatic N) is 1. The van der Waals surface area contributed by atoms with Gasteiger partial charge in [-0.25, -0.2) is 4.98 Å². The minimum Gasteiger partial charge on any atom is -0.448 e. The molecule has 24 heavy (non-hydrogen) atoms. The Morgan fingerprint density at radius 2 is 2.29 bits per heavy atom. The number of rotatable bonds is 7. The van der Waals surface area contributed by atoms with E-state index in [0.29, 0.717) is 17.5 Å². The van der Waals surface area contributed by atoms with Crippen molar-refractivity contribution in [1.29, 1.82) is 0 Å². The zero-order valence-corrected chi connectivity index (χ0v) is 15.1. The van der Waals surface area contributed by atoms with Gasteiger partial charge >= 0.3 is 0 Å². The highest BCUT2D eigenvalue weighted by atomic mass is 35.5. The van der Waals surface area contributed by atoms with Crippen LogP contribution in [0.2, 0.25) is 0 Å². The maximum atomic E-state index is 12.6. The van der Waals surface area contributed by atoms with Gasteiger partial charge in [-0.15, -0.1) is 0 Å². The second kappa shape index (κ2) is 7.68. The highest BCUT2D eigenvalue weighted by Crippen LogP contribution is 2.40. The van der Waals surface area contributed by atoms with E-state index in [-0.39, 0.29) is 5.92 Å². The lowest BCUT2D eigenvalue weighted by Gasteiger charge is -2.38. The molecule has 1 N–H and O–H groups in total. The van der Waals surface area contributed by atoms with E-state index in [1.165, 1.54) is 0 Å². The summed E-state index contributed by atoms with van der Waals surface area (Å²) < 4.78 is 24.4. The van der Waals surface area contributed by atoms with E-state index in [0.717, 1.165) is 30.6 Å². The van der Waals surface area contributed by atoms with Crippen molar-refractivity contribution >= 4 is 22.4 Å². The van der Waals surface area contributed by atoms with Gasteiger partial charge in [-0.2, -0.15) is 0 Å². The summed E-state index contributed by atoms with van der Waals surface area (Å²) in [5.74, 6) is 0.849. The Labute approximate surface area is 149 Å². The van der Waals surface area contributed by atoms with E-state index < -0.39 is 16.0 Å². The topological polar surface area (TPSA) is 64.2 Å². The molecule has 0 radical (unpaired) electrons. The number of fused-ring (bicyclic) bond motifs is 1. The third-order valence-corrected chi connectivity index (χ3v) is 5.94. The largest absolute Gasteiger partial charge is 0.448 e. The molecular weight excluding hydrogens is 348 g/mol. The molecule has 130 valence electrons. The number of hydrogen-bond donors (Lipinski definition) is 1. The first-order chi connectivity index (χ1) is 11.6. The molecule has 2 aromatic rings.